The van der Waals surface area contributed by atoms with Gasteiger partial charge in [-0.1, -0.05) is 6.92 Å². The normalized spacial score (nSPS) is 14.3. The van der Waals surface area contributed by atoms with Gasteiger partial charge in [-0.3, -0.25) is 14.8 Å². The van der Waals surface area contributed by atoms with E-state index in [0.29, 0.717) is 5.69 Å². The predicted molar refractivity (Wildman–Crippen MR) is 64.7 cm³/mol. The summed E-state index contributed by atoms with van der Waals surface area (Å²) in [5.41, 5.74) is 0.802. The molecule has 0 aliphatic rings. The van der Waals surface area contributed by atoms with Gasteiger partial charge >= 0.3 is 5.97 Å². The van der Waals surface area contributed by atoms with Crippen LogP contribution in [0, 0.1) is 6.92 Å². The number of carboxylic acids is 1. The molecular weight excluding hydrogens is 218 g/mol. The zero-order valence-electron chi connectivity index (χ0n) is 10.5. The number of carboxylic acid groups (broad SMARTS) is 1. The number of aliphatic carboxylic acids is 1. The molecule has 0 bridgehead atoms. The molecule has 94 valence electrons. The minimum absolute atomic E-state index is 0.00741. The third-order valence-electron chi connectivity index (χ3n) is 2.67. The smallest absolute Gasteiger partial charge is 0.305 e. The van der Waals surface area contributed by atoms with E-state index in [1.54, 1.807) is 12.4 Å². The molecule has 1 heterocycles. The van der Waals surface area contributed by atoms with Crippen molar-refractivity contribution in [2.24, 2.45) is 0 Å². The van der Waals surface area contributed by atoms with Crippen LogP contribution < -0.4 is 5.32 Å². The highest BCUT2D eigenvalue weighted by Crippen LogP contribution is 2.24. The number of nitrogens with one attached hydrogen (secondary N) is 1. The predicted octanol–water partition coefficient (Wildman–Crippen LogP) is 1.47. The first-order chi connectivity index (χ1) is 7.99. The Bertz CT molecular complexity index is 395. The van der Waals surface area contributed by atoms with Gasteiger partial charge in [0.15, 0.2) is 0 Å². The highest BCUT2D eigenvalue weighted by atomic mass is 16.4. The Morgan fingerprint density at radius 2 is 2.12 bits per heavy atom. The third kappa shape index (κ3) is 3.49. The van der Waals surface area contributed by atoms with Crippen LogP contribution >= 0.6 is 0 Å². The first-order valence-electron chi connectivity index (χ1n) is 5.74. The Labute approximate surface area is 101 Å². The van der Waals surface area contributed by atoms with Crippen molar-refractivity contribution >= 4 is 5.97 Å². The van der Waals surface area contributed by atoms with Crippen LogP contribution in [0.15, 0.2) is 12.4 Å². The first-order valence-corrected chi connectivity index (χ1v) is 5.74. The van der Waals surface area contributed by atoms with Crippen molar-refractivity contribution in [1.82, 2.24) is 15.3 Å². The molecule has 0 spiro atoms. The van der Waals surface area contributed by atoms with Crippen molar-refractivity contribution in [3.63, 3.8) is 0 Å². The average Bonchev–Trinajstić information content (AvgIpc) is 2.26. The van der Waals surface area contributed by atoms with Crippen molar-refractivity contribution in [3.8, 4) is 0 Å². The minimum Gasteiger partial charge on any atom is -0.481 e. The molecule has 1 aromatic heterocycles. The average molecular weight is 237 g/mol. The summed E-state index contributed by atoms with van der Waals surface area (Å²) in [4.78, 5) is 19.4. The van der Waals surface area contributed by atoms with E-state index in [1.807, 2.05) is 20.8 Å². The minimum atomic E-state index is -0.846. The van der Waals surface area contributed by atoms with E-state index >= 15 is 0 Å². The van der Waals surface area contributed by atoms with Crippen LogP contribution in [0.25, 0.3) is 0 Å². The van der Waals surface area contributed by atoms with E-state index in [2.05, 4.69) is 15.3 Å². The molecule has 1 aromatic rings. The van der Waals surface area contributed by atoms with Crippen molar-refractivity contribution < 1.29 is 9.90 Å². The van der Waals surface area contributed by atoms with Gasteiger partial charge in [0.2, 0.25) is 0 Å². The second-order valence-corrected chi connectivity index (χ2v) is 4.32. The monoisotopic (exact) mass is 237 g/mol. The molecule has 5 heteroatoms. The number of aryl methyl sites for hydroxylation is 1. The molecule has 0 aliphatic carbocycles. The van der Waals surface area contributed by atoms with Gasteiger partial charge in [0.05, 0.1) is 23.3 Å². The molecular formula is C12H19N3O2. The fourth-order valence-electron chi connectivity index (χ4n) is 1.88. The summed E-state index contributed by atoms with van der Waals surface area (Å²) in [7, 11) is 0. The molecule has 0 amide bonds. The highest BCUT2D eigenvalue weighted by Gasteiger charge is 2.32. The van der Waals surface area contributed by atoms with Crippen molar-refractivity contribution in [1.29, 1.82) is 0 Å². The number of hydrogen-bond donors (Lipinski definition) is 2. The fourth-order valence-corrected chi connectivity index (χ4v) is 1.88. The number of carbonyl (C=O) groups is 1. The summed E-state index contributed by atoms with van der Waals surface area (Å²) in [5, 5.41) is 12.3. The second kappa shape index (κ2) is 5.72. The lowest BCUT2D eigenvalue weighted by Gasteiger charge is -2.29. The summed E-state index contributed by atoms with van der Waals surface area (Å²) in [6.45, 7) is 6.49. The van der Waals surface area contributed by atoms with Crippen molar-refractivity contribution in [2.45, 2.75) is 39.2 Å². The van der Waals surface area contributed by atoms with Gasteiger partial charge in [-0.25, -0.2) is 0 Å². The summed E-state index contributed by atoms with van der Waals surface area (Å²) in [6, 6.07) is 0. The van der Waals surface area contributed by atoms with Crippen LogP contribution in [0.4, 0.5) is 0 Å². The van der Waals surface area contributed by atoms with Crippen LogP contribution in [0.2, 0.25) is 0 Å². The Morgan fingerprint density at radius 3 is 2.65 bits per heavy atom. The molecule has 0 aliphatic heterocycles. The van der Waals surface area contributed by atoms with Gasteiger partial charge in [-0.05, 0) is 26.8 Å². The maximum Gasteiger partial charge on any atom is 0.305 e. The standard InChI is InChI=1S/C12H19N3O2/c1-4-5-15-12(3,8-10(16)17)11-9(2)13-6-7-14-11/h6-7,15H,4-5,8H2,1-3H3,(H,16,17). The molecule has 0 radical (unpaired) electrons. The molecule has 0 aromatic carbocycles. The topological polar surface area (TPSA) is 75.1 Å². The molecule has 0 saturated heterocycles. The lowest BCUT2D eigenvalue weighted by molar-refractivity contribution is -0.138. The Hall–Kier alpha value is -1.49. The maximum atomic E-state index is 11.0. The van der Waals surface area contributed by atoms with Gasteiger partial charge in [-0.2, -0.15) is 0 Å². The molecule has 5 nitrogen and oxygen atoms in total. The van der Waals surface area contributed by atoms with Crippen LogP contribution in [0.1, 0.15) is 38.1 Å². The second-order valence-electron chi connectivity index (χ2n) is 4.32. The summed E-state index contributed by atoms with van der Waals surface area (Å²) in [5.74, 6) is -0.846. The zero-order valence-corrected chi connectivity index (χ0v) is 10.5. The molecule has 1 atom stereocenters. The Balaban J connectivity index is 3.04. The van der Waals surface area contributed by atoms with E-state index in [1.165, 1.54) is 0 Å². The van der Waals surface area contributed by atoms with Crippen LogP contribution in [-0.4, -0.2) is 27.6 Å². The summed E-state index contributed by atoms with van der Waals surface area (Å²) >= 11 is 0. The lowest BCUT2D eigenvalue weighted by Crippen LogP contribution is -2.43. The van der Waals surface area contributed by atoms with E-state index < -0.39 is 11.5 Å². The lowest BCUT2D eigenvalue weighted by atomic mass is 9.91. The molecule has 0 saturated carbocycles. The number of aromatic nitrogens is 2. The Morgan fingerprint density at radius 1 is 1.47 bits per heavy atom. The largest absolute Gasteiger partial charge is 0.481 e. The van der Waals surface area contributed by atoms with E-state index in [4.69, 9.17) is 5.11 Å². The zero-order chi connectivity index (χ0) is 12.9. The van der Waals surface area contributed by atoms with Crippen LogP contribution in [0.5, 0.6) is 0 Å². The maximum absolute atomic E-state index is 11.0. The molecule has 1 unspecified atom stereocenters. The third-order valence-corrected chi connectivity index (χ3v) is 2.67. The molecule has 2 N–H and O–H groups in total. The van der Waals surface area contributed by atoms with E-state index in [-0.39, 0.29) is 6.42 Å². The van der Waals surface area contributed by atoms with Gasteiger partial charge in [-0.15, -0.1) is 0 Å². The van der Waals surface area contributed by atoms with Crippen molar-refractivity contribution in [2.75, 3.05) is 6.54 Å². The van der Waals surface area contributed by atoms with Crippen molar-refractivity contribution in [3.05, 3.63) is 23.8 Å². The number of nitrogens with zero attached hydrogens (tertiary/aromatic N) is 2. The number of hydrogen-bond acceptors (Lipinski definition) is 4. The fraction of sp³-hybridized carbons (Fsp3) is 0.583. The van der Waals surface area contributed by atoms with Gasteiger partial charge in [0, 0.05) is 12.4 Å². The molecule has 1 rings (SSSR count). The number of rotatable bonds is 6. The molecule has 17 heavy (non-hydrogen) atoms. The summed E-state index contributed by atoms with van der Waals surface area (Å²) in [6.07, 6.45) is 4.14. The van der Waals surface area contributed by atoms with Gasteiger partial charge < -0.3 is 10.4 Å². The van der Waals surface area contributed by atoms with E-state index in [0.717, 1.165) is 18.7 Å². The van der Waals surface area contributed by atoms with Gasteiger partial charge in [0.25, 0.3) is 0 Å². The quantitative estimate of drug-likeness (QED) is 0.783. The van der Waals surface area contributed by atoms with Crippen LogP contribution in [-0.2, 0) is 10.3 Å². The van der Waals surface area contributed by atoms with E-state index in [9.17, 15) is 4.79 Å². The molecule has 0 fully saturated rings. The summed E-state index contributed by atoms with van der Waals surface area (Å²) < 4.78 is 0. The van der Waals surface area contributed by atoms with Crippen LogP contribution in [0.3, 0.4) is 0 Å². The Kier molecular flexibility index (Phi) is 4.57. The SMILES string of the molecule is CCCNC(C)(CC(=O)O)c1nccnc1C. The van der Waals surface area contributed by atoms with Gasteiger partial charge in [0.1, 0.15) is 0 Å². The highest BCUT2D eigenvalue weighted by molar-refractivity contribution is 5.68. The first kappa shape index (κ1) is 13.6.